The molecule has 0 aliphatic carbocycles. The molecule has 4 heteroatoms. The van der Waals surface area contributed by atoms with Gasteiger partial charge in [0.2, 0.25) is 0 Å². The molecule has 1 aliphatic heterocycles. The molecule has 1 heterocycles. The van der Waals surface area contributed by atoms with E-state index in [1.165, 1.54) is 0 Å². The molecule has 0 aromatic heterocycles. The van der Waals surface area contributed by atoms with Gasteiger partial charge in [0.05, 0.1) is 19.1 Å². The van der Waals surface area contributed by atoms with Crippen LogP contribution in [0.3, 0.4) is 0 Å². The average molecular weight is 352 g/mol. The van der Waals surface area contributed by atoms with Gasteiger partial charge in [0.15, 0.2) is 0 Å². The molecule has 138 valence electrons. The maximum Gasteiger partial charge on any atom is 0.141 e. The first-order valence-electron chi connectivity index (χ1n) is 9.12. The smallest absolute Gasteiger partial charge is 0.141 e. The van der Waals surface area contributed by atoms with Gasteiger partial charge in [-0.05, 0) is 35.4 Å². The first kappa shape index (κ1) is 18.5. The summed E-state index contributed by atoms with van der Waals surface area (Å²) in [6.45, 7) is 1.04. The van der Waals surface area contributed by atoms with Crippen molar-refractivity contribution in [1.29, 1.82) is 0 Å². The molecule has 0 N–H and O–H groups in total. The molecule has 1 fully saturated rings. The zero-order chi connectivity index (χ0) is 18.7. The Kier molecular flexibility index (Phi) is 5.62. The van der Waals surface area contributed by atoms with Crippen LogP contribution in [0, 0.1) is 5.92 Å². The van der Waals surface area contributed by atoms with Crippen LogP contribution in [0.5, 0.6) is 0 Å². The van der Waals surface area contributed by atoms with Crippen LogP contribution in [0.4, 0.5) is 11.4 Å². The van der Waals surface area contributed by atoms with Crippen molar-refractivity contribution in [1.82, 2.24) is 0 Å². The molecule has 0 saturated carbocycles. The summed E-state index contributed by atoms with van der Waals surface area (Å²) in [5.74, 6) is 0.198. The van der Waals surface area contributed by atoms with Gasteiger partial charge in [-0.25, -0.2) is 0 Å². The van der Waals surface area contributed by atoms with Gasteiger partial charge in [0, 0.05) is 51.9 Å². The van der Waals surface area contributed by atoms with Crippen molar-refractivity contribution in [3.05, 3.63) is 59.7 Å². The summed E-state index contributed by atoms with van der Waals surface area (Å²) < 4.78 is 5.66. The third-order valence-corrected chi connectivity index (χ3v) is 5.14. The van der Waals surface area contributed by atoms with E-state index in [4.69, 9.17) is 4.74 Å². The molecule has 1 saturated heterocycles. The third-order valence-electron chi connectivity index (χ3n) is 5.14. The Labute approximate surface area is 156 Å². The van der Waals surface area contributed by atoms with Crippen LogP contribution in [-0.4, -0.2) is 47.2 Å². The highest BCUT2D eigenvalue weighted by Gasteiger charge is 2.33. The third kappa shape index (κ3) is 3.91. The maximum atomic E-state index is 12.6. The predicted octanol–water partition coefficient (Wildman–Crippen LogP) is 3.56. The molecule has 0 radical (unpaired) electrons. The number of hydrogen-bond donors (Lipinski definition) is 0. The van der Waals surface area contributed by atoms with E-state index >= 15 is 0 Å². The highest BCUT2D eigenvalue weighted by atomic mass is 16.5. The van der Waals surface area contributed by atoms with Crippen molar-refractivity contribution in [2.75, 3.05) is 51.2 Å². The first-order chi connectivity index (χ1) is 12.5. The second-order valence-corrected chi connectivity index (χ2v) is 7.35. The summed E-state index contributed by atoms with van der Waals surface area (Å²) in [4.78, 5) is 16.8. The van der Waals surface area contributed by atoms with Crippen LogP contribution in [0.2, 0.25) is 0 Å². The van der Waals surface area contributed by atoms with Crippen molar-refractivity contribution in [2.45, 2.75) is 12.3 Å². The van der Waals surface area contributed by atoms with Gasteiger partial charge in [-0.1, -0.05) is 24.3 Å². The fourth-order valence-electron chi connectivity index (χ4n) is 3.56. The summed E-state index contributed by atoms with van der Waals surface area (Å²) in [5.41, 5.74) is 4.64. The minimum Gasteiger partial charge on any atom is -0.380 e. The summed E-state index contributed by atoms with van der Waals surface area (Å²) in [6, 6.07) is 17.0. The van der Waals surface area contributed by atoms with E-state index in [1.54, 1.807) is 0 Å². The quantitative estimate of drug-likeness (QED) is 0.824. The fraction of sp³-hybridized carbons (Fsp3) is 0.409. The lowest BCUT2D eigenvalue weighted by molar-refractivity contribution is -0.131. The van der Waals surface area contributed by atoms with Gasteiger partial charge in [-0.2, -0.15) is 0 Å². The molecule has 3 rings (SSSR count). The zero-order valence-electron chi connectivity index (χ0n) is 16.1. The Balaban J connectivity index is 1.99. The van der Waals surface area contributed by atoms with Crippen LogP contribution >= 0.6 is 0 Å². The van der Waals surface area contributed by atoms with Gasteiger partial charge >= 0.3 is 0 Å². The van der Waals surface area contributed by atoms with E-state index in [9.17, 15) is 4.79 Å². The second kappa shape index (κ2) is 7.92. The van der Waals surface area contributed by atoms with E-state index in [0.29, 0.717) is 25.4 Å². The van der Waals surface area contributed by atoms with Gasteiger partial charge in [-0.3, -0.25) is 4.79 Å². The number of carbonyl (C=O) groups excluding carboxylic acids is 1. The van der Waals surface area contributed by atoms with Crippen molar-refractivity contribution in [2.24, 2.45) is 5.92 Å². The molecule has 2 aromatic rings. The first-order valence-corrected chi connectivity index (χ1v) is 9.12. The average Bonchev–Trinajstić information content (AvgIpc) is 2.64. The highest BCUT2D eigenvalue weighted by molar-refractivity contribution is 5.83. The second-order valence-electron chi connectivity index (χ2n) is 7.35. The lowest BCUT2D eigenvalue weighted by Gasteiger charge is -2.30. The van der Waals surface area contributed by atoms with E-state index in [-0.39, 0.29) is 11.8 Å². The van der Waals surface area contributed by atoms with E-state index in [1.807, 2.05) is 28.2 Å². The van der Waals surface area contributed by atoms with Crippen LogP contribution in [0.1, 0.15) is 23.5 Å². The molecule has 2 aromatic carbocycles. The van der Waals surface area contributed by atoms with E-state index < -0.39 is 0 Å². The Morgan fingerprint density at radius 1 is 0.846 bits per heavy atom. The molecule has 26 heavy (non-hydrogen) atoms. The lowest BCUT2D eigenvalue weighted by atomic mass is 9.77. The number of nitrogens with zero attached hydrogens (tertiary/aromatic N) is 2. The summed E-state index contributed by atoms with van der Waals surface area (Å²) in [7, 11) is 8.13. The summed E-state index contributed by atoms with van der Waals surface area (Å²) >= 11 is 0. The van der Waals surface area contributed by atoms with E-state index in [0.717, 1.165) is 22.5 Å². The van der Waals surface area contributed by atoms with E-state index in [2.05, 4.69) is 58.3 Å². The molecule has 0 spiro atoms. The molecule has 0 unspecified atom stereocenters. The highest BCUT2D eigenvalue weighted by Crippen LogP contribution is 2.36. The Morgan fingerprint density at radius 2 is 1.31 bits per heavy atom. The van der Waals surface area contributed by atoms with Crippen molar-refractivity contribution in [3.63, 3.8) is 0 Å². The Morgan fingerprint density at radius 3 is 1.69 bits per heavy atom. The van der Waals surface area contributed by atoms with Crippen LogP contribution in [0.25, 0.3) is 0 Å². The maximum absolute atomic E-state index is 12.6. The summed E-state index contributed by atoms with van der Waals surface area (Å²) in [6.07, 6.45) is 0.507. The number of ketones is 1. The van der Waals surface area contributed by atoms with Gasteiger partial charge in [0.1, 0.15) is 5.78 Å². The number of ether oxygens (including phenoxy) is 1. The Bertz CT molecular complexity index is 684. The molecule has 1 aliphatic rings. The van der Waals surface area contributed by atoms with Gasteiger partial charge < -0.3 is 14.5 Å². The fourth-order valence-corrected chi connectivity index (χ4v) is 3.56. The standard InChI is InChI=1S/C22H28N2O2/c1-23(2)18-9-5-16(6-10-18)22(20-15-26-14-13-21(20)25)17-7-11-19(12-8-17)24(3)4/h5-12,20,22H,13-15H2,1-4H3/t20-/m1/s1. The van der Waals surface area contributed by atoms with Crippen LogP contribution < -0.4 is 9.80 Å². The number of benzene rings is 2. The SMILES string of the molecule is CN(C)c1ccc(C(c2ccc(N(C)C)cc2)[C@@H]2COCCC2=O)cc1. The number of hydrogen-bond acceptors (Lipinski definition) is 4. The number of anilines is 2. The topological polar surface area (TPSA) is 32.8 Å². The number of Topliss-reactive ketones (excluding diaryl/α,β-unsaturated/α-hetero) is 1. The minimum absolute atomic E-state index is 0.0234. The summed E-state index contributed by atoms with van der Waals surface area (Å²) in [5, 5.41) is 0. The van der Waals surface area contributed by atoms with Crippen LogP contribution in [-0.2, 0) is 9.53 Å². The molecule has 1 atom stereocenters. The predicted molar refractivity (Wildman–Crippen MR) is 107 cm³/mol. The molecular weight excluding hydrogens is 324 g/mol. The molecule has 0 amide bonds. The van der Waals surface area contributed by atoms with Crippen molar-refractivity contribution in [3.8, 4) is 0 Å². The van der Waals surface area contributed by atoms with Gasteiger partial charge in [0.25, 0.3) is 0 Å². The normalized spacial score (nSPS) is 17.4. The molecular formula is C22H28N2O2. The number of carbonyl (C=O) groups is 1. The number of rotatable bonds is 5. The van der Waals surface area contributed by atoms with Crippen LogP contribution in [0.15, 0.2) is 48.5 Å². The minimum atomic E-state index is -0.126. The molecule has 4 nitrogen and oxygen atoms in total. The molecule has 0 bridgehead atoms. The largest absolute Gasteiger partial charge is 0.380 e. The lowest BCUT2D eigenvalue weighted by Crippen LogP contribution is -2.33. The van der Waals surface area contributed by atoms with Crippen molar-refractivity contribution >= 4 is 17.2 Å². The van der Waals surface area contributed by atoms with Crippen molar-refractivity contribution < 1.29 is 9.53 Å². The zero-order valence-corrected chi connectivity index (χ0v) is 16.1. The Hall–Kier alpha value is -2.33. The van der Waals surface area contributed by atoms with Gasteiger partial charge in [-0.15, -0.1) is 0 Å². The monoisotopic (exact) mass is 352 g/mol.